The number of carbonyl (C=O) groups is 1. The molecule has 0 unspecified atom stereocenters. The highest BCUT2D eigenvalue weighted by Gasteiger charge is 2.27. The quantitative estimate of drug-likeness (QED) is 0.657. The average Bonchev–Trinajstić information content (AvgIpc) is 3.16. The third-order valence-electron chi connectivity index (χ3n) is 5.01. The van der Waals surface area contributed by atoms with Gasteiger partial charge < -0.3 is 10.6 Å². The molecular weight excluding hydrogens is 398 g/mol. The fourth-order valence-electron chi connectivity index (χ4n) is 3.62. The number of hydrogen-bond acceptors (Lipinski definition) is 3. The van der Waals surface area contributed by atoms with Gasteiger partial charge in [0, 0.05) is 5.92 Å². The summed E-state index contributed by atoms with van der Waals surface area (Å²) >= 11 is 6.04. The molecule has 1 aromatic heterocycles. The Balaban J connectivity index is 1.73. The second kappa shape index (κ2) is 8.31. The number of piperidine rings is 1. The molecule has 0 bridgehead atoms. The van der Waals surface area contributed by atoms with Gasteiger partial charge >= 0.3 is 0 Å². The maximum atomic E-state index is 13.8. The summed E-state index contributed by atoms with van der Waals surface area (Å²) in [5.41, 5.74) is 1.99. The van der Waals surface area contributed by atoms with Gasteiger partial charge in [0.15, 0.2) is 0 Å². The van der Waals surface area contributed by atoms with Gasteiger partial charge in [-0.1, -0.05) is 17.7 Å². The van der Waals surface area contributed by atoms with E-state index in [0.29, 0.717) is 16.9 Å². The molecule has 0 spiro atoms. The maximum absolute atomic E-state index is 13.8. The van der Waals surface area contributed by atoms with E-state index >= 15 is 0 Å². The van der Waals surface area contributed by atoms with Crippen LogP contribution in [-0.2, 0) is 0 Å². The molecular formula is C21H19ClF2N4O. The van der Waals surface area contributed by atoms with Gasteiger partial charge in [-0.05, 0) is 62.3 Å². The second-order valence-corrected chi connectivity index (χ2v) is 7.34. The van der Waals surface area contributed by atoms with Crippen LogP contribution in [0.5, 0.6) is 0 Å². The van der Waals surface area contributed by atoms with Crippen LogP contribution in [0.1, 0.15) is 34.8 Å². The first-order valence-corrected chi connectivity index (χ1v) is 9.71. The van der Waals surface area contributed by atoms with Gasteiger partial charge in [-0.3, -0.25) is 4.79 Å². The van der Waals surface area contributed by atoms with Gasteiger partial charge in [0.25, 0.3) is 5.91 Å². The Hall–Kier alpha value is -2.77. The molecule has 5 nitrogen and oxygen atoms in total. The third kappa shape index (κ3) is 4.16. The van der Waals surface area contributed by atoms with Crippen LogP contribution in [0.25, 0.3) is 5.69 Å². The molecule has 2 N–H and O–H groups in total. The standard InChI is InChI=1S/C21H19ClF2N4O/c22-18-11-15(24)4-5-19(18)27-21(29)17-12-26-28(16-3-1-2-14(23)10-16)20(17)13-6-8-25-9-7-13/h1-5,10-13,25H,6-9H2,(H,27,29). The Morgan fingerprint density at radius 2 is 1.90 bits per heavy atom. The van der Waals surface area contributed by atoms with Crippen molar-refractivity contribution in [2.75, 3.05) is 18.4 Å². The van der Waals surface area contributed by atoms with Crippen molar-refractivity contribution >= 4 is 23.2 Å². The number of carbonyl (C=O) groups excluding carboxylic acids is 1. The van der Waals surface area contributed by atoms with Gasteiger partial charge in [0.05, 0.1) is 33.9 Å². The minimum atomic E-state index is -0.484. The van der Waals surface area contributed by atoms with E-state index in [2.05, 4.69) is 15.7 Å². The van der Waals surface area contributed by atoms with E-state index in [0.717, 1.165) is 37.7 Å². The van der Waals surface area contributed by atoms with Crippen molar-refractivity contribution in [2.24, 2.45) is 0 Å². The molecule has 1 amide bonds. The van der Waals surface area contributed by atoms with E-state index in [-0.39, 0.29) is 16.8 Å². The molecule has 3 aromatic rings. The molecule has 2 aromatic carbocycles. The number of benzene rings is 2. The lowest BCUT2D eigenvalue weighted by molar-refractivity contribution is 0.102. The lowest BCUT2D eigenvalue weighted by Gasteiger charge is -2.24. The highest BCUT2D eigenvalue weighted by molar-refractivity contribution is 6.33. The predicted molar refractivity (Wildman–Crippen MR) is 108 cm³/mol. The molecule has 0 atom stereocenters. The van der Waals surface area contributed by atoms with Gasteiger partial charge in [-0.15, -0.1) is 0 Å². The maximum Gasteiger partial charge on any atom is 0.259 e. The monoisotopic (exact) mass is 416 g/mol. The Morgan fingerprint density at radius 1 is 1.14 bits per heavy atom. The van der Waals surface area contributed by atoms with Gasteiger partial charge in [0.1, 0.15) is 11.6 Å². The van der Waals surface area contributed by atoms with Gasteiger partial charge in [0.2, 0.25) is 0 Å². The van der Waals surface area contributed by atoms with Crippen LogP contribution in [0.15, 0.2) is 48.7 Å². The zero-order valence-electron chi connectivity index (χ0n) is 15.5. The first-order valence-electron chi connectivity index (χ1n) is 9.34. The van der Waals surface area contributed by atoms with E-state index in [9.17, 15) is 13.6 Å². The summed E-state index contributed by atoms with van der Waals surface area (Å²) in [4.78, 5) is 13.0. The number of halogens is 3. The SMILES string of the molecule is O=C(Nc1ccc(F)cc1Cl)c1cnn(-c2cccc(F)c2)c1C1CCNCC1. The Bertz CT molecular complexity index is 1050. The van der Waals surface area contributed by atoms with Gasteiger partial charge in [-0.2, -0.15) is 5.10 Å². The molecule has 0 aliphatic carbocycles. The fourth-order valence-corrected chi connectivity index (χ4v) is 3.83. The van der Waals surface area contributed by atoms with Crippen molar-refractivity contribution in [2.45, 2.75) is 18.8 Å². The summed E-state index contributed by atoms with van der Waals surface area (Å²) in [6, 6.07) is 9.89. The Kier molecular flexibility index (Phi) is 5.60. The lowest BCUT2D eigenvalue weighted by Crippen LogP contribution is -2.29. The zero-order chi connectivity index (χ0) is 20.4. The molecule has 8 heteroatoms. The lowest BCUT2D eigenvalue weighted by atomic mass is 9.91. The van der Waals surface area contributed by atoms with Gasteiger partial charge in [-0.25, -0.2) is 13.5 Å². The number of aromatic nitrogens is 2. The number of nitrogens with one attached hydrogen (secondary N) is 2. The molecule has 150 valence electrons. The molecule has 1 aliphatic heterocycles. The first-order chi connectivity index (χ1) is 14.0. The predicted octanol–water partition coefficient (Wildman–Crippen LogP) is 4.52. The van der Waals surface area contributed by atoms with Crippen LogP contribution in [0.4, 0.5) is 14.5 Å². The smallest absolute Gasteiger partial charge is 0.259 e. The summed E-state index contributed by atoms with van der Waals surface area (Å²) in [5.74, 6) is -1.16. The molecule has 4 rings (SSSR count). The molecule has 0 saturated carbocycles. The van der Waals surface area contributed by atoms with Crippen LogP contribution < -0.4 is 10.6 Å². The summed E-state index contributed by atoms with van der Waals surface area (Å²) < 4.78 is 28.7. The highest BCUT2D eigenvalue weighted by atomic mass is 35.5. The zero-order valence-corrected chi connectivity index (χ0v) is 16.2. The molecule has 1 saturated heterocycles. The largest absolute Gasteiger partial charge is 0.321 e. The summed E-state index contributed by atoms with van der Waals surface area (Å²) in [6.07, 6.45) is 3.15. The number of amides is 1. The average molecular weight is 417 g/mol. The molecule has 1 aliphatic rings. The third-order valence-corrected chi connectivity index (χ3v) is 5.32. The number of anilines is 1. The Morgan fingerprint density at radius 3 is 2.62 bits per heavy atom. The molecule has 2 heterocycles. The molecule has 29 heavy (non-hydrogen) atoms. The van der Waals surface area contributed by atoms with E-state index in [1.165, 1.54) is 30.5 Å². The topological polar surface area (TPSA) is 59.0 Å². The van der Waals surface area contributed by atoms with Crippen LogP contribution in [0.3, 0.4) is 0 Å². The van der Waals surface area contributed by atoms with E-state index in [1.54, 1.807) is 16.8 Å². The number of nitrogens with zero attached hydrogens (tertiary/aromatic N) is 2. The van der Waals surface area contributed by atoms with Crippen molar-refractivity contribution in [3.8, 4) is 5.69 Å². The molecule has 0 radical (unpaired) electrons. The first kappa shape index (κ1) is 19.5. The minimum absolute atomic E-state index is 0.0893. The second-order valence-electron chi connectivity index (χ2n) is 6.94. The minimum Gasteiger partial charge on any atom is -0.321 e. The fraction of sp³-hybridized carbons (Fsp3) is 0.238. The van der Waals surface area contributed by atoms with E-state index < -0.39 is 11.7 Å². The van der Waals surface area contributed by atoms with Crippen LogP contribution >= 0.6 is 11.6 Å². The van der Waals surface area contributed by atoms with Crippen molar-refractivity contribution < 1.29 is 13.6 Å². The van der Waals surface area contributed by atoms with E-state index in [4.69, 9.17) is 11.6 Å². The summed E-state index contributed by atoms with van der Waals surface area (Å²) in [7, 11) is 0. The van der Waals surface area contributed by atoms with Crippen molar-refractivity contribution in [3.63, 3.8) is 0 Å². The number of hydrogen-bond donors (Lipinski definition) is 2. The highest BCUT2D eigenvalue weighted by Crippen LogP contribution is 2.31. The van der Waals surface area contributed by atoms with Crippen LogP contribution in [0.2, 0.25) is 5.02 Å². The number of rotatable bonds is 4. The van der Waals surface area contributed by atoms with Crippen LogP contribution in [-0.4, -0.2) is 28.8 Å². The Labute approximate surface area is 171 Å². The van der Waals surface area contributed by atoms with E-state index in [1.807, 2.05) is 0 Å². The normalized spacial score (nSPS) is 14.7. The van der Waals surface area contributed by atoms with Crippen LogP contribution in [0, 0.1) is 11.6 Å². The van der Waals surface area contributed by atoms with Crippen molar-refractivity contribution in [3.05, 3.63) is 76.6 Å². The summed E-state index contributed by atoms with van der Waals surface area (Å²) in [6.45, 7) is 1.65. The molecule has 1 fully saturated rings. The van der Waals surface area contributed by atoms with Crippen molar-refractivity contribution in [1.82, 2.24) is 15.1 Å². The summed E-state index contributed by atoms with van der Waals surface area (Å²) in [5, 5.41) is 10.5. The van der Waals surface area contributed by atoms with Crippen molar-refractivity contribution in [1.29, 1.82) is 0 Å².